The van der Waals surface area contributed by atoms with Crippen molar-refractivity contribution in [3.8, 4) is 5.75 Å². The van der Waals surface area contributed by atoms with Gasteiger partial charge in [0.25, 0.3) is 0 Å². The SMILES string of the molecule is FC(F)(F)c1ccc2c(c1)OCC2NCCOC1CC1. The van der Waals surface area contributed by atoms with E-state index < -0.39 is 11.7 Å². The summed E-state index contributed by atoms with van der Waals surface area (Å²) in [7, 11) is 0. The van der Waals surface area contributed by atoms with Gasteiger partial charge in [-0.25, -0.2) is 0 Å². The number of rotatable bonds is 5. The van der Waals surface area contributed by atoms with E-state index in [0.717, 1.165) is 30.5 Å². The second kappa shape index (κ2) is 5.26. The Morgan fingerprint density at radius 3 is 2.80 bits per heavy atom. The molecule has 1 aliphatic heterocycles. The highest BCUT2D eigenvalue weighted by atomic mass is 19.4. The molecule has 0 aromatic heterocycles. The minimum Gasteiger partial charge on any atom is -0.491 e. The highest BCUT2D eigenvalue weighted by molar-refractivity contribution is 5.43. The first kappa shape index (κ1) is 13.7. The summed E-state index contributed by atoms with van der Waals surface area (Å²) in [5.74, 6) is 0.320. The van der Waals surface area contributed by atoms with Crippen molar-refractivity contribution in [1.29, 1.82) is 0 Å². The molecule has 3 nitrogen and oxygen atoms in total. The molecule has 110 valence electrons. The van der Waals surface area contributed by atoms with Crippen LogP contribution in [0.2, 0.25) is 0 Å². The first-order valence-corrected chi connectivity index (χ1v) is 6.73. The van der Waals surface area contributed by atoms with E-state index in [-0.39, 0.29) is 6.04 Å². The molecule has 1 fully saturated rings. The molecule has 20 heavy (non-hydrogen) atoms. The number of fused-ring (bicyclic) bond motifs is 1. The molecule has 1 saturated carbocycles. The van der Waals surface area contributed by atoms with Crippen LogP contribution in [0.5, 0.6) is 5.75 Å². The predicted molar refractivity (Wildman–Crippen MR) is 66.7 cm³/mol. The molecule has 0 amide bonds. The maximum atomic E-state index is 12.6. The van der Waals surface area contributed by atoms with Crippen LogP contribution in [0.15, 0.2) is 18.2 Å². The Morgan fingerprint density at radius 1 is 1.30 bits per heavy atom. The number of halogens is 3. The monoisotopic (exact) mass is 287 g/mol. The smallest absolute Gasteiger partial charge is 0.416 e. The minimum absolute atomic E-state index is 0.0601. The van der Waals surface area contributed by atoms with E-state index in [1.165, 1.54) is 6.07 Å². The Hall–Kier alpha value is -1.27. The Kier molecular flexibility index (Phi) is 3.60. The summed E-state index contributed by atoms with van der Waals surface area (Å²) in [6.07, 6.45) is -1.65. The normalized spacial score (nSPS) is 21.6. The maximum absolute atomic E-state index is 12.6. The van der Waals surface area contributed by atoms with Crippen molar-refractivity contribution in [1.82, 2.24) is 5.32 Å². The molecular weight excluding hydrogens is 271 g/mol. The van der Waals surface area contributed by atoms with Crippen LogP contribution < -0.4 is 10.1 Å². The number of ether oxygens (including phenoxy) is 2. The number of hydrogen-bond donors (Lipinski definition) is 1. The van der Waals surface area contributed by atoms with E-state index >= 15 is 0 Å². The van der Waals surface area contributed by atoms with Crippen molar-refractivity contribution in [2.75, 3.05) is 19.8 Å². The Morgan fingerprint density at radius 2 is 2.10 bits per heavy atom. The fourth-order valence-electron chi connectivity index (χ4n) is 2.25. The summed E-state index contributed by atoms with van der Waals surface area (Å²) in [4.78, 5) is 0. The van der Waals surface area contributed by atoms with E-state index in [9.17, 15) is 13.2 Å². The summed E-state index contributed by atoms with van der Waals surface area (Å²) in [5.41, 5.74) is 0.110. The molecule has 0 spiro atoms. The topological polar surface area (TPSA) is 30.5 Å². The zero-order valence-corrected chi connectivity index (χ0v) is 10.9. The average molecular weight is 287 g/mol. The fraction of sp³-hybridized carbons (Fsp3) is 0.571. The zero-order chi connectivity index (χ0) is 14.2. The van der Waals surface area contributed by atoms with Crippen LogP contribution in [-0.4, -0.2) is 25.9 Å². The van der Waals surface area contributed by atoms with Crippen LogP contribution >= 0.6 is 0 Å². The average Bonchev–Trinajstić information content (AvgIpc) is 3.13. The van der Waals surface area contributed by atoms with Gasteiger partial charge in [0.15, 0.2) is 0 Å². The predicted octanol–water partition coefficient (Wildman–Crippen LogP) is 2.91. The van der Waals surface area contributed by atoms with Crippen molar-refractivity contribution in [3.63, 3.8) is 0 Å². The van der Waals surface area contributed by atoms with Crippen molar-refractivity contribution in [2.45, 2.75) is 31.2 Å². The lowest BCUT2D eigenvalue weighted by Crippen LogP contribution is -2.26. The standard InChI is InChI=1S/C14H16F3NO2/c15-14(16,17)9-1-4-11-12(8-20-13(11)7-9)18-5-6-19-10-2-3-10/h1,4,7,10,12,18H,2-3,5-6,8H2. The third-order valence-electron chi connectivity index (χ3n) is 3.49. The third-order valence-corrected chi connectivity index (χ3v) is 3.49. The molecule has 1 atom stereocenters. The van der Waals surface area contributed by atoms with Gasteiger partial charge in [-0.1, -0.05) is 6.07 Å². The first-order chi connectivity index (χ1) is 9.54. The number of benzene rings is 1. The molecule has 3 rings (SSSR count). The second-order valence-electron chi connectivity index (χ2n) is 5.14. The highest BCUT2D eigenvalue weighted by Crippen LogP contribution is 2.38. The van der Waals surface area contributed by atoms with Gasteiger partial charge < -0.3 is 14.8 Å². The molecule has 1 aromatic carbocycles. The van der Waals surface area contributed by atoms with E-state index in [1.807, 2.05) is 0 Å². The summed E-state index contributed by atoms with van der Waals surface area (Å²) in [6.45, 7) is 1.65. The van der Waals surface area contributed by atoms with Gasteiger partial charge in [-0.15, -0.1) is 0 Å². The van der Waals surface area contributed by atoms with Gasteiger partial charge in [0, 0.05) is 12.1 Å². The van der Waals surface area contributed by atoms with E-state index in [4.69, 9.17) is 9.47 Å². The zero-order valence-electron chi connectivity index (χ0n) is 10.9. The van der Waals surface area contributed by atoms with Crippen LogP contribution in [0, 0.1) is 0 Å². The van der Waals surface area contributed by atoms with E-state index in [1.54, 1.807) is 0 Å². The number of nitrogens with one attached hydrogen (secondary N) is 1. The molecule has 1 N–H and O–H groups in total. The molecule has 1 unspecified atom stereocenters. The quantitative estimate of drug-likeness (QED) is 0.845. The summed E-state index contributed by atoms with van der Waals surface area (Å²) in [5, 5.41) is 3.25. The van der Waals surface area contributed by atoms with Gasteiger partial charge >= 0.3 is 6.18 Å². The Labute approximate surface area is 115 Å². The molecule has 1 heterocycles. The molecule has 1 aromatic rings. The maximum Gasteiger partial charge on any atom is 0.416 e. The molecule has 6 heteroatoms. The van der Waals surface area contributed by atoms with Crippen molar-refractivity contribution in [3.05, 3.63) is 29.3 Å². The minimum atomic E-state index is -4.33. The Balaban J connectivity index is 1.58. The van der Waals surface area contributed by atoms with Crippen LogP contribution in [0.3, 0.4) is 0 Å². The molecule has 1 aliphatic carbocycles. The third kappa shape index (κ3) is 3.07. The van der Waals surface area contributed by atoms with Gasteiger partial charge in [0.1, 0.15) is 12.4 Å². The van der Waals surface area contributed by atoms with Crippen LogP contribution in [-0.2, 0) is 10.9 Å². The fourth-order valence-corrected chi connectivity index (χ4v) is 2.25. The van der Waals surface area contributed by atoms with Gasteiger partial charge in [-0.05, 0) is 25.0 Å². The van der Waals surface area contributed by atoms with Crippen LogP contribution in [0.25, 0.3) is 0 Å². The number of hydrogen-bond acceptors (Lipinski definition) is 3. The summed E-state index contributed by atoms with van der Waals surface area (Å²) >= 11 is 0. The summed E-state index contributed by atoms with van der Waals surface area (Å²) < 4.78 is 48.6. The molecule has 0 radical (unpaired) electrons. The first-order valence-electron chi connectivity index (χ1n) is 6.73. The Bertz CT molecular complexity index is 486. The molecule has 0 bridgehead atoms. The number of alkyl halides is 3. The molecular formula is C14H16F3NO2. The lowest BCUT2D eigenvalue weighted by Gasteiger charge is -2.12. The van der Waals surface area contributed by atoms with Crippen molar-refractivity contribution >= 4 is 0 Å². The lowest BCUT2D eigenvalue weighted by atomic mass is 10.1. The van der Waals surface area contributed by atoms with E-state index in [0.29, 0.717) is 31.6 Å². The van der Waals surface area contributed by atoms with Gasteiger partial charge in [0.2, 0.25) is 0 Å². The molecule has 2 aliphatic rings. The lowest BCUT2D eigenvalue weighted by molar-refractivity contribution is -0.137. The van der Waals surface area contributed by atoms with Gasteiger partial charge in [-0.3, -0.25) is 0 Å². The van der Waals surface area contributed by atoms with Gasteiger partial charge in [-0.2, -0.15) is 13.2 Å². The van der Waals surface area contributed by atoms with Crippen LogP contribution in [0.1, 0.15) is 30.0 Å². The van der Waals surface area contributed by atoms with Crippen molar-refractivity contribution in [2.24, 2.45) is 0 Å². The largest absolute Gasteiger partial charge is 0.491 e. The molecule has 0 saturated heterocycles. The highest BCUT2D eigenvalue weighted by Gasteiger charge is 2.33. The van der Waals surface area contributed by atoms with Crippen molar-refractivity contribution < 1.29 is 22.6 Å². The van der Waals surface area contributed by atoms with E-state index in [2.05, 4.69) is 5.32 Å². The van der Waals surface area contributed by atoms with Gasteiger partial charge in [0.05, 0.1) is 24.3 Å². The second-order valence-corrected chi connectivity index (χ2v) is 5.14. The summed E-state index contributed by atoms with van der Waals surface area (Å²) in [6, 6.07) is 3.60. The van der Waals surface area contributed by atoms with Crippen LogP contribution in [0.4, 0.5) is 13.2 Å².